The average molecular weight is 371 g/mol. The Kier molecular flexibility index (Phi) is 4.35. The lowest BCUT2D eigenvalue weighted by Crippen LogP contribution is -2.25. The highest BCUT2D eigenvalue weighted by Crippen LogP contribution is 2.30. The van der Waals surface area contributed by atoms with Gasteiger partial charge in [-0.25, -0.2) is 10.1 Å². The van der Waals surface area contributed by atoms with Crippen LogP contribution in [0, 0.1) is 0 Å². The predicted octanol–water partition coefficient (Wildman–Crippen LogP) is 4.59. The zero-order chi connectivity index (χ0) is 18.9. The summed E-state index contributed by atoms with van der Waals surface area (Å²) in [5.74, 6) is 0.709. The Morgan fingerprint density at radius 3 is 2.70 bits per heavy atom. The quantitative estimate of drug-likeness (QED) is 0.732. The van der Waals surface area contributed by atoms with Crippen molar-refractivity contribution < 1.29 is 17.7 Å². The summed E-state index contributed by atoms with van der Waals surface area (Å²) in [6.07, 6.45) is 1.38. The number of H-pyrrole nitrogens is 1. The second-order valence-electron chi connectivity index (χ2n) is 6.19. The van der Waals surface area contributed by atoms with Gasteiger partial charge < -0.3 is 9.42 Å². The topological polar surface area (TPSA) is 44.5 Å². The van der Waals surface area contributed by atoms with Crippen LogP contribution in [0.4, 0.5) is 13.2 Å². The van der Waals surface area contributed by atoms with Crippen molar-refractivity contribution in [1.29, 1.82) is 0 Å². The third-order valence-electron chi connectivity index (χ3n) is 4.30. The van der Waals surface area contributed by atoms with E-state index >= 15 is 0 Å². The van der Waals surface area contributed by atoms with Gasteiger partial charge in [0, 0.05) is 13.1 Å². The monoisotopic (exact) mass is 371 g/mol. The van der Waals surface area contributed by atoms with Crippen LogP contribution in [-0.4, -0.2) is 16.6 Å². The molecule has 1 aliphatic heterocycles. The minimum Gasteiger partial charge on any atom is -0.380 e. The first kappa shape index (κ1) is 17.2. The molecule has 1 aromatic heterocycles. The SMILES string of the molecule is FC(F)(F)c1ccc2c(=NC3=CC=CCN3Cc3ccccc3)[nH]oc2c1. The van der Waals surface area contributed by atoms with Crippen molar-refractivity contribution in [1.82, 2.24) is 10.1 Å². The molecule has 1 aliphatic rings. The fourth-order valence-electron chi connectivity index (χ4n) is 2.93. The van der Waals surface area contributed by atoms with Crippen molar-refractivity contribution >= 4 is 11.0 Å². The van der Waals surface area contributed by atoms with Gasteiger partial charge >= 0.3 is 6.18 Å². The molecule has 0 atom stereocenters. The summed E-state index contributed by atoms with van der Waals surface area (Å²) in [6, 6.07) is 13.4. The molecule has 138 valence electrons. The van der Waals surface area contributed by atoms with Crippen LogP contribution < -0.4 is 5.49 Å². The summed E-state index contributed by atoms with van der Waals surface area (Å²) < 4.78 is 43.8. The van der Waals surface area contributed by atoms with Crippen molar-refractivity contribution in [2.24, 2.45) is 4.99 Å². The van der Waals surface area contributed by atoms with Gasteiger partial charge in [0.25, 0.3) is 0 Å². The number of fused-ring (bicyclic) bond motifs is 1. The van der Waals surface area contributed by atoms with Crippen molar-refractivity contribution in [3.05, 3.63) is 89.2 Å². The number of aromatic nitrogens is 1. The first-order valence-corrected chi connectivity index (χ1v) is 8.39. The number of aromatic amines is 1. The van der Waals surface area contributed by atoms with Gasteiger partial charge in [-0.05, 0) is 29.8 Å². The van der Waals surface area contributed by atoms with Gasteiger partial charge in [-0.3, -0.25) is 0 Å². The Balaban J connectivity index is 1.69. The van der Waals surface area contributed by atoms with Gasteiger partial charge in [0.05, 0.1) is 10.9 Å². The molecule has 4 nitrogen and oxygen atoms in total. The Labute approximate surface area is 152 Å². The third kappa shape index (κ3) is 3.67. The van der Waals surface area contributed by atoms with Crippen molar-refractivity contribution in [2.75, 3.05) is 6.54 Å². The van der Waals surface area contributed by atoms with E-state index in [0.29, 0.717) is 29.8 Å². The number of nitrogens with zero attached hydrogens (tertiary/aromatic N) is 2. The number of alkyl halides is 3. The molecule has 0 saturated heterocycles. The highest BCUT2D eigenvalue weighted by molar-refractivity contribution is 5.76. The van der Waals surface area contributed by atoms with E-state index in [1.807, 2.05) is 48.6 Å². The van der Waals surface area contributed by atoms with E-state index in [0.717, 1.165) is 17.7 Å². The molecule has 3 aromatic rings. The number of allylic oxidation sites excluding steroid dienone is 2. The van der Waals surface area contributed by atoms with Crippen LogP contribution in [0.25, 0.3) is 11.0 Å². The van der Waals surface area contributed by atoms with E-state index < -0.39 is 11.7 Å². The Bertz CT molecular complexity index is 1080. The normalized spacial score (nSPS) is 15.4. The van der Waals surface area contributed by atoms with Crippen LogP contribution in [0.3, 0.4) is 0 Å². The molecule has 2 aromatic carbocycles. The standard InChI is InChI=1S/C20H16F3N3O/c21-20(22,23)15-9-10-16-17(12-15)27-25-19(16)24-18-8-4-5-11-26(18)13-14-6-2-1-3-7-14/h1-10,12H,11,13H2,(H,24,25). The number of nitrogens with one attached hydrogen (secondary N) is 1. The Hall–Kier alpha value is -3.22. The molecule has 1 N–H and O–H groups in total. The van der Waals surface area contributed by atoms with Crippen LogP contribution in [0.15, 0.2) is 82.1 Å². The third-order valence-corrected chi connectivity index (χ3v) is 4.30. The molecule has 0 fully saturated rings. The zero-order valence-corrected chi connectivity index (χ0v) is 14.2. The maximum Gasteiger partial charge on any atom is 0.416 e. The molecule has 0 amide bonds. The lowest BCUT2D eigenvalue weighted by atomic mass is 10.1. The summed E-state index contributed by atoms with van der Waals surface area (Å²) in [4.78, 5) is 6.66. The molecule has 27 heavy (non-hydrogen) atoms. The largest absolute Gasteiger partial charge is 0.416 e. The van der Waals surface area contributed by atoms with E-state index in [2.05, 4.69) is 15.0 Å². The van der Waals surface area contributed by atoms with Crippen molar-refractivity contribution in [3.63, 3.8) is 0 Å². The number of halogens is 3. The van der Waals surface area contributed by atoms with E-state index in [4.69, 9.17) is 4.52 Å². The highest BCUT2D eigenvalue weighted by atomic mass is 19.4. The first-order chi connectivity index (χ1) is 13.0. The van der Waals surface area contributed by atoms with E-state index in [1.165, 1.54) is 6.07 Å². The molecule has 0 radical (unpaired) electrons. The summed E-state index contributed by atoms with van der Waals surface area (Å²) >= 11 is 0. The van der Waals surface area contributed by atoms with Crippen LogP contribution >= 0.6 is 0 Å². The van der Waals surface area contributed by atoms with Crippen molar-refractivity contribution in [3.8, 4) is 0 Å². The highest BCUT2D eigenvalue weighted by Gasteiger charge is 2.31. The average Bonchev–Trinajstić information content (AvgIpc) is 3.06. The molecule has 7 heteroatoms. The predicted molar refractivity (Wildman–Crippen MR) is 95.2 cm³/mol. The van der Waals surface area contributed by atoms with Crippen LogP contribution in [0.5, 0.6) is 0 Å². The number of benzene rings is 2. The molecule has 4 rings (SSSR count). The van der Waals surface area contributed by atoms with Gasteiger partial charge in [0.2, 0.25) is 0 Å². The minimum absolute atomic E-state index is 0.116. The maximum atomic E-state index is 12.9. The maximum absolute atomic E-state index is 12.9. The van der Waals surface area contributed by atoms with Gasteiger partial charge in [-0.2, -0.15) is 13.2 Å². The zero-order valence-electron chi connectivity index (χ0n) is 14.2. The van der Waals surface area contributed by atoms with Crippen LogP contribution in [0.1, 0.15) is 11.1 Å². The molecule has 0 saturated carbocycles. The van der Waals surface area contributed by atoms with Gasteiger partial charge in [-0.15, -0.1) is 0 Å². The number of hydrogen-bond acceptors (Lipinski definition) is 3. The van der Waals surface area contributed by atoms with Crippen molar-refractivity contribution in [2.45, 2.75) is 12.7 Å². The lowest BCUT2D eigenvalue weighted by molar-refractivity contribution is -0.137. The van der Waals surface area contributed by atoms with Gasteiger partial charge in [-0.1, -0.05) is 42.5 Å². The van der Waals surface area contributed by atoms with E-state index in [-0.39, 0.29) is 5.58 Å². The molecule has 0 bridgehead atoms. The number of hydrogen-bond donors (Lipinski definition) is 1. The second kappa shape index (κ2) is 6.83. The van der Waals surface area contributed by atoms with E-state index in [1.54, 1.807) is 0 Å². The molecular weight excluding hydrogens is 355 g/mol. The Morgan fingerprint density at radius 1 is 1.11 bits per heavy atom. The number of rotatable bonds is 3. The van der Waals surface area contributed by atoms with Gasteiger partial charge in [0.1, 0.15) is 5.82 Å². The molecular formula is C20H16F3N3O. The fraction of sp³-hybridized carbons (Fsp3) is 0.150. The molecule has 0 aliphatic carbocycles. The molecule has 2 heterocycles. The van der Waals surface area contributed by atoms with Crippen LogP contribution in [-0.2, 0) is 12.7 Å². The summed E-state index contributed by atoms with van der Waals surface area (Å²) in [7, 11) is 0. The molecule has 0 spiro atoms. The minimum atomic E-state index is -4.42. The molecule has 0 unspecified atom stereocenters. The smallest absolute Gasteiger partial charge is 0.380 e. The fourth-order valence-corrected chi connectivity index (χ4v) is 2.93. The Morgan fingerprint density at radius 2 is 1.93 bits per heavy atom. The summed E-state index contributed by atoms with van der Waals surface area (Å²) in [5, 5.41) is 3.12. The second-order valence-corrected chi connectivity index (χ2v) is 6.19. The summed E-state index contributed by atoms with van der Waals surface area (Å²) in [6.45, 7) is 1.37. The lowest BCUT2D eigenvalue weighted by Gasteiger charge is -2.25. The summed E-state index contributed by atoms with van der Waals surface area (Å²) in [5.41, 5.74) is 0.892. The van der Waals surface area contributed by atoms with E-state index in [9.17, 15) is 13.2 Å². The van der Waals surface area contributed by atoms with Crippen LogP contribution in [0.2, 0.25) is 0 Å². The van der Waals surface area contributed by atoms with Gasteiger partial charge in [0.15, 0.2) is 11.1 Å². The first-order valence-electron chi connectivity index (χ1n) is 8.39.